The molecular formula is C20H18N2O3S. The highest BCUT2D eigenvalue weighted by Crippen LogP contribution is 2.31. The topological polar surface area (TPSA) is 71.3 Å². The number of fused-ring (bicyclic) bond motifs is 1. The van der Waals surface area contributed by atoms with E-state index in [0.717, 1.165) is 30.6 Å². The van der Waals surface area contributed by atoms with E-state index in [1.807, 2.05) is 11.4 Å². The number of hydrogen-bond donors (Lipinski definition) is 2. The molecule has 0 saturated heterocycles. The molecule has 5 nitrogen and oxygen atoms in total. The summed E-state index contributed by atoms with van der Waals surface area (Å²) in [5.41, 5.74) is 2.58. The van der Waals surface area contributed by atoms with Crippen molar-refractivity contribution in [2.24, 2.45) is 0 Å². The number of nitrogens with one attached hydrogen (secondary N) is 2. The Morgan fingerprint density at radius 1 is 1.12 bits per heavy atom. The summed E-state index contributed by atoms with van der Waals surface area (Å²) in [5, 5.41) is 9.54. The Morgan fingerprint density at radius 2 is 2.00 bits per heavy atom. The van der Waals surface area contributed by atoms with Gasteiger partial charge in [0.2, 0.25) is 0 Å². The standard InChI is InChI=1S/C20H18N2O3S/c23-19(13-9-11-26-12-13)21-17-5-2-1-4-15(17)20(24)22-16-6-3-7-18-14(16)8-10-25-18/h1-2,4-5,8-12,16H,3,6-7H2,(H,21,23)(H,22,24). The van der Waals surface area contributed by atoms with E-state index in [1.54, 1.807) is 42.0 Å². The van der Waals surface area contributed by atoms with Crippen molar-refractivity contribution in [1.82, 2.24) is 5.32 Å². The Balaban J connectivity index is 1.53. The van der Waals surface area contributed by atoms with Crippen LogP contribution in [-0.4, -0.2) is 11.8 Å². The van der Waals surface area contributed by atoms with Crippen molar-refractivity contribution in [3.05, 3.63) is 75.9 Å². The van der Waals surface area contributed by atoms with Gasteiger partial charge in [0, 0.05) is 17.4 Å². The maximum atomic E-state index is 12.8. The van der Waals surface area contributed by atoms with Gasteiger partial charge in [0.1, 0.15) is 5.76 Å². The first kappa shape index (κ1) is 16.6. The van der Waals surface area contributed by atoms with E-state index < -0.39 is 0 Å². The molecular weight excluding hydrogens is 348 g/mol. The van der Waals surface area contributed by atoms with Crippen molar-refractivity contribution in [3.8, 4) is 0 Å². The number of rotatable bonds is 4. The summed E-state index contributed by atoms with van der Waals surface area (Å²) in [4.78, 5) is 25.2. The van der Waals surface area contributed by atoms with Gasteiger partial charge in [0.15, 0.2) is 0 Å². The molecule has 0 fully saturated rings. The van der Waals surface area contributed by atoms with Crippen molar-refractivity contribution < 1.29 is 14.0 Å². The molecule has 0 aliphatic heterocycles. The third-order valence-corrected chi connectivity index (χ3v) is 5.24. The third kappa shape index (κ3) is 3.28. The molecule has 6 heteroatoms. The van der Waals surface area contributed by atoms with Gasteiger partial charge in [-0.1, -0.05) is 12.1 Å². The first-order valence-electron chi connectivity index (χ1n) is 8.52. The van der Waals surface area contributed by atoms with Crippen LogP contribution < -0.4 is 10.6 Å². The van der Waals surface area contributed by atoms with Gasteiger partial charge in [-0.05, 0) is 42.5 Å². The second-order valence-corrected chi connectivity index (χ2v) is 7.01. The van der Waals surface area contributed by atoms with Gasteiger partial charge < -0.3 is 15.1 Å². The van der Waals surface area contributed by atoms with Crippen LogP contribution in [0.1, 0.15) is 50.9 Å². The normalized spacial score (nSPS) is 15.9. The number of anilines is 1. The minimum Gasteiger partial charge on any atom is -0.469 e. The largest absolute Gasteiger partial charge is 0.469 e. The second-order valence-electron chi connectivity index (χ2n) is 6.23. The third-order valence-electron chi connectivity index (χ3n) is 4.56. The first-order valence-corrected chi connectivity index (χ1v) is 9.46. The maximum Gasteiger partial charge on any atom is 0.256 e. The van der Waals surface area contributed by atoms with Crippen LogP contribution in [0.25, 0.3) is 0 Å². The molecule has 0 spiro atoms. The van der Waals surface area contributed by atoms with Gasteiger partial charge in [0.25, 0.3) is 11.8 Å². The van der Waals surface area contributed by atoms with E-state index >= 15 is 0 Å². The van der Waals surface area contributed by atoms with Gasteiger partial charge in [0.05, 0.1) is 29.1 Å². The number of aryl methyl sites for hydroxylation is 1. The molecule has 0 saturated carbocycles. The molecule has 0 bridgehead atoms. The quantitative estimate of drug-likeness (QED) is 0.719. The summed E-state index contributed by atoms with van der Waals surface area (Å²) < 4.78 is 5.48. The van der Waals surface area contributed by atoms with Gasteiger partial charge in [-0.25, -0.2) is 0 Å². The number of para-hydroxylation sites is 1. The van der Waals surface area contributed by atoms with E-state index in [-0.39, 0.29) is 17.9 Å². The molecule has 132 valence electrons. The molecule has 26 heavy (non-hydrogen) atoms. The molecule has 0 radical (unpaired) electrons. The SMILES string of the molecule is O=C(Nc1ccccc1C(=O)NC1CCCc2occc21)c1ccsc1. The molecule has 1 unspecified atom stereocenters. The predicted molar refractivity (Wildman–Crippen MR) is 101 cm³/mol. The fraction of sp³-hybridized carbons (Fsp3) is 0.200. The van der Waals surface area contributed by atoms with Crippen LogP contribution in [0.4, 0.5) is 5.69 Å². The number of carbonyl (C=O) groups excluding carboxylic acids is 2. The van der Waals surface area contributed by atoms with E-state index in [1.165, 1.54) is 11.3 Å². The summed E-state index contributed by atoms with van der Waals surface area (Å²) in [6.45, 7) is 0. The van der Waals surface area contributed by atoms with Crippen LogP contribution in [0, 0.1) is 0 Å². The van der Waals surface area contributed by atoms with Crippen molar-refractivity contribution in [1.29, 1.82) is 0 Å². The number of amides is 2. The number of thiophene rings is 1. The summed E-state index contributed by atoms with van der Waals surface area (Å²) in [6, 6.07) is 10.7. The summed E-state index contributed by atoms with van der Waals surface area (Å²) in [6.07, 6.45) is 4.43. The monoisotopic (exact) mass is 366 g/mol. The molecule has 1 aliphatic carbocycles. The highest BCUT2D eigenvalue weighted by atomic mass is 32.1. The van der Waals surface area contributed by atoms with Crippen molar-refractivity contribution in [3.63, 3.8) is 0 Å². The summed E-state index contributed by atoms with van der Waals surface area (Å²) >= 11 is 1.46. The number of furan rings is 1. The molecule has 3 aromatic rings. The predicted octanol–water partition coefficient (Wildman–Crippen LogP) is 4.40. The van der Waals surface area contributed by atoms with Crippen LogP contribution in [0.2, 0.25) is 0 Å². The van der Waals surface area contributed by atoms with E-state index in [2.05, 4.69) is 10.6 Å². The van der Waals surface area contributed by atoms with Crippen LogP contribution in [0.5, 0.6) is 0 Å². The van der Waals surface area contributed by atoms with Gasteiger partial charge >= 0.3 is 0 Å². The molecule has 2 N–H and O–H groups in total. The zero-order valence-corrected chi connectivity index (χ0v) is 14.8. The minimum absolute atomic E-state index is 0.0642. The molecule has 1 atom stereocenters. The lowest BCUT2D eigenvalue weighted by Gasteiger charge is -2.23. The summed E-state index contributed by atoms with van der Waals surface area (Å²) in [5.74, 6) is 0.521. The van der Waals surface area contributed by atoms with E-state index in [9.17, 15) is 9.59 Å². The van der Waals surface area contributed by atoms with Crippen LogP contribution in [0.3, 0.4) is 0 Å². The van der Waals surface area contributed by atoms with Crippen molar-refractivity contribution >= 4 is 28.8 Å². The fourth-order valence-corrected chi connectivity index (χ4v) is 3.89. The summed E-state index contributed by atoms with van der Waals surface area (Å²) in [7, 11) is 0. The Hall–Kier alpha value is -2.86. The van der Waals surface area contributed by atoms with Crippen LogP contribution >= 0.6 is 11.3 Å². The lowest BCUT2D eigenvalue weighted by molar-refractivity contribution is 0.0933. The number of carbonyl (C=O) groups is 2. The second kappa shape index (κ2) is 7.17. The number of hydrogen-bond acceptors (Lipinski definition) is 4. The highest BCUT2D eigenvalue weighted by Gasteiger charge is 2.25. The lowest BCUT2D eigenvalue weighted by Crippen LogP contribution is -2.31. The zero-order valence-electron chi connectivity index (χ0n) is 14.0. The fourth-order valence-electron chi connectivity index (χ4n) is 3.25. The minimum atomic E-state index is -0.221. The zero-order chi connectivity index (χ0) is 17.9. The highest BCUT2D eigenvalue weighted by molar-refractivity contribution is 7.08. The Labute approximate surface area is 155 Å². The Morgan fingerprint density at radius 3 is 2.85 bits per heavy atom. The smallest absolute Gasteiger partial charge is 0.256 e. The Bertz CT molecular complexity index is 930. The molecule has 1 aliphatic rings. The average molecular weight is 366 g/mol. The van der Waals surface area contributed by atoms with Crippen molar-refractivity contribution in [2.75, 3.05) is 5.32 Å². The average Bonchev–Trinajstić information content (AvgIpc) is 3.34. The van der Waals surface area contributed by atoms with Crippen LogP contribution in [-0.2, 0) is 6.42 Å². The number of benzene rings is 1. The van der Waals surface area contributed by atoms with E-state index in [0.29, 0.717) is 16.8 Å². The van der Waals surface area contributed by atoms with Crippen LogP contribution in [0.15, 0.2) is 57.8 Å². The van der Waals surface area contributed by atoms with Crippen molar-refractivity contribution in [2.45, 2.75) is 25.3 Å². The molecule has 2 heterocycles. The molecule has 2 amide bonds. The van der Waals surface area contributed by atoms with Gasteiger partial charge in [-0.15, -0.1) is 0 Å². The molecule has 4 rings (SSSR count). The van der Waals surface area contributed by atoms with Gasteiger partial charge in [-0.3, -0.25) is 9.59 Å². The first-order chi connectivity index (χ1) is 12.7. The molecule has 2 aromatic heterocycles. The molecule has 1 aromatic carbocycles. The maximum absolute atomic E-state index is 12.8. The van der Waals surface area contributed by atoms with E-state index in [4.69, 9.17) is 4.42 Å². The van der Waals surface area contributed by atoms with Gasteiger partial charge in [-0.2, -0.15) is 11.3 Å². The lowest BCUT2D eigenvalue weighted by atomic mass is 9.93. The Kier molecular flexibility index (Phi) is 4.58.